The van der Waals surface area contributed by atoms with Crippen molar-refractivity contribution in [3.05, 3.63) is 57.1 Å². The molecule has 7 nitrogen and oxygen atoms in total. The number of rotatable bonds is 8. The molecule has 0 unspecified atom stereocenters. The van der Waals surface area contributed by atoms with Crippen molar-refractivity contribution in [1.29, 1.82) is 0 Å². The van der Waals surface area contributed by atoms with Gasteiger partial charge < -0.3 is 0 Å². The first-order chi connectivity index (χ1) is 13.8. The predicted molar refractivity (Wildman–Crippen MR) is 111 cm³/mol. The first kappa shape index (κ1) is 24.1. The van der Waals surface area contributed by atoms with E-state index in [9.17, 15) is 33.1 Å². The van der Waals surface area contributed by atoms with Gasteiger partial charge in [0, 0.05) is 0 Å². The molecule has 166 valence electrons. The summed E-state index contributed by atoms with van der Waals surface area (Å²) in [6.07, 6.45) is -4.26. The van der Waals surface area contributed by atoms with E-state index in [1.165, 1.54) is 23.1 Å². The molecular weight excluding hydrogens is 448 g/mol. The molecule has 30 heavy (non-hydrogen) atoms. The summed E-state index contributed by atoms with van der Waals surface area (Å²) in [5.41, 5.74) is -1.01. The zero-order chi connectivity index (χ0) is 22.7. The number of anilines is 1. The zero-order valence-corrected chi connectivity index (χ0v) is 17.9. The van der Waals surface area contributed by atoms with Gasteiger partial charge in [0.15, 0.2) is 0 Å². The zero-order valence-electron chi connectivity index (χ0n) is 16.1. The number of nitrogens with zero attached hydrogens (tertiary/aromatic N) is 2. The van der Waals surface area contributed by atoms with Gasteiger partial charge in [-0.15, -0.1) is 0 Å². The summed E-state index contributed by atoms with van der Waals surface area (Å²) in [7, 11) is -1.82. The van der Waals surface area contributed by atoms with Gasteiger partial charge >= 0.3 is 163 Å². The van der Waals surface area contributed by atoms with Crippen molar-refractivity contribution in [3.8, 4) is 11.5 Å². The Bertz CT molecular complexity index is 927. The Morgan fingerprint density at radius 3 is 2.43 bits per heavy atom. The fraction of sp³-hybridized carbons (Fsp3) is 0.333. The summed E-state index contributed by atoms with van der Waals surface area (Å²) in [4.78, 5) is 32.0. The van der Waals surface area contributed by atoms with Crippen LogP contribution in [0.1, 0.15) is 12.5 Å². The van der Waals surface area contributed by atoms with Crippen LogP contribution >= 0.6 is 19.3 Å². The molecule has 0 aliphatic carbocycles. The molecule has 2 rings (SSSR count). The van der Waals surface area contributed by atoms with E-state index < -0.39 is 24.4 Å². The molecule has 0 fully saturated rings. The molecule has 0 aliphatic heterocycles. The van der Waals surface area contributed by atoms with E-state index in [0.29, 0.717) is 0 Å². The number of halogens is 4. The van der Waals surface area contributed by atoms with Gasteiger partial charge in [-0.1, -0.05) is 0 Å². The minimum absolute atomic E-state index is 0.0461. The molecule has 0 aromatic heterocycles. The SMILES string of the molecule is CC[PH](O)(O)CCN(C)c1cc(Oc2ccc(C(F)(F)F)cc2Cl)ccc1[N+](=O)[O-]. The number of alkyl halides is 3. The van der Waals surface area contributed by atoms with E-state index in [1.54, 1.807) is 14.0 Å². The van der Waals surface area contributed by atoms with Gasteiger partial charge in [-0.2, -0.15) is 13.2 Å². The quantitative estimate of drug-likeness (QED) is 0.318. The molecule has 12 heteroatoms. The summed E-state index contributed by atoms with van der Waals surface area (Å²) >= 11 is 5.89. The summed E-state index contributed by atoms with van der Waals surface area (Å²) < 4.78 is 43.8. The third-order valence-corrected chi connectivity index (χ3v) is 6.91. The molecular formula is C18H21ClF3N2O5P. The second-order valence-corrected chi connectivity index (χ2v) is 10.2. The van der Waals surface area contributed by atoms with Crippen molar-refractivity contribution < 1.29 is 32.6 Å². The van der Waals surface area contributed by atoms with Gasteiger partial charge in [-0.25, -0.2) is 0 Å². The molecule has 0 saturated heterocycles. The van der Waals surface area contributed by atoms with Crippen LogP contribution in [0.3, 0.4) is 0 Å². The maximum absolute atomic E-state index is 12.8. The number of ether oxygens (including phenoxy) is 1. The van der Waals surface area contributed by atoms with Crippen LogP contribution in [-0.2, 0) is 6.18 Å². The fourth-order valence-electron chi connectivity index (χ4n) is 2.56. The number of hydrogen-bond acceptors (Lipinski definition) is 6. The first-order valence-electron chi connectivity index (χ1n) is 8.83. The topological polar surface area (TPSA) is 96.1 Å². The predicted octanol–water partition coefficient (Wildman–Crippen LogP) is 5.08. The van der Waals surface area contributed by atoms with Crippen LogP contribution < -0.4 is 9.64 Å². The second kappa shape index (κ2) is 9.34. The fourth-order valence-corrected chi connectivity index (χ4v) is 3.82. The van der Waals surface area contributed by atoms with Gasteiger partial charge in [0.2, 0.25) is 0 Å². The number of hydrogen-bond donors (Lipinski definition) is 2. The molecule has 0 bridgehead atoms. The minimum atomic E-state index is -4.55. The standard InChI is InChI=1S/C18H21ClF3N2O5P/c1-3-30(27,28)9-8-23(2)16-11-13(5-6-15(16)24(25)26)29-17-7-4-12(10-14(17)19)18(20,21)22/h4-7,10-11,27-28,30H,3,8-9H2,1-2H3. The average molecular weight is 469 g/mol. The number of nitro benzene ring substituents is 1. The molecule has 0 spiro atoms. The molecule has 0 heterocycles. The van der Waals surface area contributed by atoms with Gasteiger partial charge in [0.05, 0.1) is 0 Å². The van der Waals surface area contributed by atoms with E-state index in [0.717, 1.165) is 18.2 Å². The van der Waals surface area contributed by atoms with Gasteiger partial charge in [0.1, 0.15) is 0 Å². The van der Waals surface area contributed by atoms with Crippen molar-refractivity contribution >= 4 is 30.7 Å². The van der Waals surface area contributed by atoms with E-state index in [1.807, 2.05) is 0 Å². The van der Waals surface area contributed by atoms with E-state index >= 15 is 0 Å². The normalized spacial score (nSPS) is 12.5. The molecule has 2 N–H and O–H groups in total. The Hall–Kier alpha value is -2.13. The number of benzene rings is 2. The Balaban J connectivity index is 2.30. The molecule has 0 amide bonds. The van der Waals surface area contributed by atoms with Crippen molar-refractivity contribution in [2.45, 2.75) is 13.1 Å². The molecule has 2 aromatic carbocycles. The van der Waals surface area contributed by atoms with Crippen LogP contribution in [0.25, 0.3) is 0 Å². The Kier molecular flexibility index (Phi) is 7.52. The summed E-state index contributed by atoms with van der Waals surface area (Å²) in [6, 6.07) is 6.45. The van der Waals surface area contributed by atoms with E-state index in [2.05, 4.69) is 0 Å². The third-order valence-electron chi connectivity index (χ3n) is 4.46. The number of nitro groups is 1. The molecule has 0 radical (unpaired) electrons. The van der Waals surface area contributed by atoms with Crippen LogP contribution in [0.2, 0.25) is 5.02 Å². The monoisotopic (exact) mass is 468 g/mol. The van der Waals surface area contributed by atoms with Gasteiger partial charge in [0.25, 0.3) is 0 Å². The van der Waals surface area contributed by atoms with Crippen molar-refractivity contribution in [1.82, 2.24) is 0 Å². The van der Waals surface area contributed by atoms with Crippen molar-refractivity contribution in [2.75, 3.05) is 30.8 Å². The first-order valence-corrected chi connectivity index (χ1v) is 11.5. The van der Waals surface area contributed by atoms with Crippen LogP contribution in [0, 0.1) is 10.1 Å². The molecule has 0 saturated carbocycles. The van der Waals surface area contributed by atoms with Crippen LogP contribution in [0.4, 0.5) is 24.5 Å². The third kappa shape index (κ3) is 6.18. The Labute approximate surface area is 176 Å². The van der Waals surface area contributed by atoms with Crippen molar-refractivity contribution in [2.24, 2.45) is 0 Å². The van der Waals surface area contributed by atoms with E-state index in [-0.39, 0.29) is 46.8 Å². The Morgan fingerprint density at radius 1 is 1.23 bits per heavy atom. The molecule has 0 aliphatic rings. The maximum atomic E-state index is 12.8. The Morgan fingerprint density at radius 2 is 1.90 bits per heavy atom. The van der Waals surface area contributed by atoms with Crippen LogP contribution in [0.5, 0.6) is 11.5 Å². The van der Waals surface area contributed by atoms with Gasteiger partial charge in [-0.3, -0.25) is 0 Å². The molecule has 2 aromatic rings. The summed E-state index contributed by atoms with van der Waals surface area (Å²) in [5, 5.41) is 11.1. The van der Waals surface area contributed by atoms with E-state index in [4.69, 9.17) is 16.3 Å². The van der Waals surface area contributed by atoms with Crippen LogP contribution in [-0.4, -0.2) is 40.6 Å². The summed E-state index contributed by atoms with van der Waals surface area (Å²) in [5.74, 6) is 0.0753. The average Bonchev–Trinajstić information content (AvgIpc) is 2.66. The van der Waals surface area contributed by atoms with Crippen LogP contribution in [0.15, 0.2) is 36.4 Å². The summed E-state index contributed by atoms with van der Waals surface area (Å²) in [6.45, 7) is 1.80. The molecule has 0 atom stereocenters. The second-order valence-electron chi connectivity index (χ2n) is 6.66. The van der Waals surface area contributed by atoms with Crippen molar-refractivity contribution in [3.63, 3.8) is 0 Å². The van der Waals surface area contributed by atoms with Gasteiger partial charge in [-0.05, 0) is 0 Å².